The minimum Gasteiger partial charge on any atom is -0.334 e. The lowest BCUT2D eigenvalue weighted by Crippen LogP contribution is -3.10. The van der Waals surface area contributed by atoms with Crippen molar-refractivity contribution in [2.75, 3.05) is 19.6 Å². The number of likely N-dealkylation sites (tertiary alicyclic amines) is 1. The summed E-state index contributed by atoms with van der Waals surface area (Å²) >= 11 is 1.55. The second-order valence-electron chi connectivity index (χ2n) is 5.50. The second kappa shape index (κ2) is 6.33. The molecular weight excluding hydrogens is 266 g/mol. The maximum Gasteiger partial charge on any atom is 0.178 e. The van der Waals surface area contributed by atoms with Crippen LogP contribution < -0.4 is 4.90 Å². The molecule has 0 radical (unpaired) electrons. The largest absolute Gasteiger partial charge is 0.334 e. The van der Waals surface area contributed by atoms with Crippen molar-refractivity contribution >= 4 is 17.1 Å². The third-order valence-corrected chi connectivity index (χ3v) is 5.06. The molecule has 1 N–H and O–H groups in total. The number of carbonyl (C=O) groups is 1. The van der Waals surface area contributed by atoms with Gasteiger partial charge in [0.2, 0.25) is 0 Å². The van der Waals surface area contributed by atoms with Crippen LogP contribution in [0.15, 0.2) is 47.8 Å². The molecule has 2 atom stereocenters. The van der Waals surface area contributed by atoms with Gasteiger partial charge >= 0.3 is 0 Å². The number of thiophene rings is 1. The maximum absolute atomic E-state index is 12.0. The maximum atomic E-state index is 12.0. The van der Waals surface area contributed by atoms with Crippen LogP contribution in [0.4, 0.5) is 0 Å². The summed E-state index contributed by atoms with van der Waals surface area (Å²) in [6.07, 6.45) is 1.92. The zero-order chi connectivity index (χ0) is 13.8. The summed E-state index contributed by atoms with van der Waals surface area (Å²) in [5, 5.41) is 1.97. The first kappa shape index (κ1) is 13.5. The van der Waals surface area contributed by atoms with Crippen molar-refractivity contribution < 1.29 is 9.69 Å². The fourth-order valence-electron chi connectivity index (χ4n) is 3.02. The molecule has 1 fully saturated rings. The molecule has 0 amide bonds. The average molecular weight is 286 g/mol. The first-order chi connectivity index (χ1) is 9.83. The summed E-state index contributed by atoms with van der Waals surface area (Å²) in [5.41, 5.74) is 1.45. The van der Waals surface area contributed by atoms with Gasteiger partial charge in [-0.25, -0.2) is 0 Å². The molecule has 2 nitrogen and oxygen atoms in total. The molecule has 3 heteroatoms. The van der Waals surface area contributed by atoms with Gasteiger partial charge in [0.05, 0.1) is 30.9 Å². The number of benzene rings is 1. The van der Waals surface area contributed by atoms with Crippen LogP contribution in [0.3, 0.4) is 0 Å². The number of ketones is 1. The molecule has 2 heterocycles. The first-order valence-electron chi connectivity index (χ1n) is 7.28. The summed E-state index contributed by atoms with van der Waals surface area (Å²) in [6, 6.07) is 14.6. The van der Waals surface area contributed by atoms with E-state index in [4.69, 9.17) is 0 Å². The summed E-state index contributed by atoms with van der Waals surface area (Å²) in [4.78, 5) is 14.5. The molecule has 0 bridgehead atoms. The van der Waals surface area contributed by atoms with Gasteiger partial charge in [0.1, 0.15) is 0 Å². The van der Waals surface area contributed by atoms with E-state index >= 15 is 0 Å². The SMILES string of the molecule is O=C(CC[NH+]1CC[C@@H](c2ccccc2)C1)c1cccs1. The predicted octanol–water partition coefficient (Wildman–Crippen LogP) is 2.39. The van der Waals surface area contributed by atoms with Gasteiger partial charge in [0.25, 0.3) is 0 Å². The van der Waals surface area contributed by atoms with Crippen LogP contribution in [-0.2, 0) is 0 Å². The number of Topliss-reactive ketones (excluding diaryl/α,β-unsaturated/α-hetero) is 1. The molecule has 1 unspecified atom stereocenters. The Hall–Kier alpha value is -1.45. The number of carbonyl (C=O) groups excluding carboxylic acids is 1. The monoisotopic (exact) mass is 286 g/mol. The van der Waals surface area contributed by atoms with Gasteiger partial charge in [-0.2, -0.15) is 0 Å². The van der Waals surface area contributed by atoms with Gasteiger partial charge in [-0.3, -0.25) is 4.79 Å². The van der Waals surface area contributed by atoms with E-state index < -0.39 is 0 Å². The predicted molar refractivity (Wildman–Crippen MR) is 82.6 cm³/mol. The van der Waals surface area contributed by atoms with Crippen molar-refractivity contribution in [1.29, 1.82) is 0 Å². The Bertz CT molecular complexity index is 550. The van der Waals surface area contributed by atoms with Crippen LogP contribution in [0.5, 0.6) is 0 Å². The van der Waals surface area contributed by atoms with Crippen LogP contribution in [0.2, 0.25) is 0 Å². The molecule has 0 saturated carbocycles. The standard InChI is InChI=1S/C17H19NOS/c19-16(17-7-4-12-20-17)9-11-18-10-8-15(13-18)14-5-2-1-3-6-14/h1-7,12,15H,8-11,13H2/p+1/t15-/m1/s1. The van der Waals surface area contributed by atoms with Gasteiger partial charge in [0, 0.05) is 12.3 Å². The Morgan fingerprint density at radius 2 is 2.05 bits per heavy atom. The van der Waals surface area contributed by atoms with E-state index in [0.29, 0.717) is 18.1 Å². The summed E-state index contributed by atoms with van der Waals surface area (Å²) in [6.45, 7) is 3.33. The normalized spacial score (nSPS) is 22.0. The number of quaternary nitrogens is 1. The van der Waals surface area contributed by atoms with Gasteiger partial charge in [0.15, 0.2) is 5.78 Å². The minimum absolute atomic E-state index is 0.302. The molecule has 1 aliphatic rings. The van der Waals surface area contributed by atoms with Crippen molar-refractivity contribution in [3.63, 3.8) is 0 Å². The minimum atomic E-state index is 0.302. The third-order valence-electron chi connectivity index (χ3n) is 4.15. The Morgan fingerprint density at radius 1 is 1.20 bits per heavy atom. The smallest absolute Gasteiger partial charge is 0.178 e. The number of hydrogen-bond donors (Lipinski definition) is 1. The molecule has 3 rings (SSSR count). The van der Waals surface area contributed by atoms with E-state index in [1.165, 1.54) is 25.1 Å². The lowest BCUT2D eigenvalue weighted by Gasteiger charge is -2.12. The number of rotatable bonds is 5. The van der Waals surface area contributed by atoms with Crippen LogP contribution >= 0.6 is 11.3 Å². The van der Waals surface area contributed by atoms with Gasteiger partial charge in [-0.15, -0.1) is 11.3 Å². The molecule has 0 spiro atoms. The summed E-state index contributed by atoms with van der Waals surface area (Å²) < 4.78 is 0. The van der Waals surface area contributed by atoms with Crippen LogP contribution in [0.25, 0.3) is 0 Å². The van der Waals surface area contributed by atoms with Gasteiger partial charge in [-0.05, 0) is 17.0 Å². The lowest BCUT2D eigenvalue weighted by atomic mass is 9.99. The lowest BCUT2D eigenvalue weighted by molar-refractivity contribution is -0.887. The van der Waals surface area contributed by atoms with Gasteiger partial charge < -0.3 is 4.90 Å². The molecule has 104 valence electrons. The van der Waals surface area contributed by atoms with Crippen LogP contribution in [0, 0.1) is 0 Å². The molecular formula is C17H20NOS+. The van der Waals surface area contributed by atoms with Crippen molar-refractivity contribution in [3.05, 3.63) is 58.3 Å². The topological polar surface area (TPSA) is 21.5 Å². The zero-order valence-corrected chi connectivity index (χ0v) is 12.4. The highest BCUT2D eigenvalue weighted by atomic mass is 32.1. The molecule has 1 aromatic heterocycles. The zero-order valence-electron chi connectivity index (χ0n) is 11.5. The molecule has 20 heavy (non-hydrogen) atoms. The van der Waals surface area contributed by atoms with Crippen molar-refractivity contribution in [1.82, 2.24) is 0 Å². The summed E-state index contributed by atoms with van der Waals surface area (Å²) in [7, 11) is 0. The highest BCUT2D eigenvalue weighted by Gasteiger charge is 2.27. The van der Waals surface area contributed by atoms with Crippen LogP contribution in [0.1, 0.15) is 34.0 Å². The Labute approximate surface area is 124 Å². The third kappa shape index (κ3) is 3.17. The fraction of sp³-hybridized carbons (Fsp3) is 0.353. The van der Waals surface area contributed by atoms with Crippen molar-refractivity contribution in [2.24, 2.45) is 0 Å². The second-order valence-corrected chi connectivity index (χ2v) is 6.45. The molecule has 1 aromatic carbocycles. The first-order valence-corrected chi connectivity index (χ1v) is 8.16. The average Bonchev–Trinajstić information content (AvgIpc) is 3.17. The van der Waals surface area contributed by atoms with E-state index in [0.717, 1.165) is 11.4 Å². The Kier molecular flexibility index (Phi) is 4.28. The van der Waals surface area contributed by atoms with E-state index in [1.807, 2.05) is 17.5 Å². The fourth-order valence-corrected chi connectivity index (χ4v) is 3.71. The van der Waals surface area contributed by atoms with Gasteiger partial charge in [-0.1, -0.05) is 36.4 Å². The number of hydrogen-bond acceptors (Lipinski definition) is 2. The van der Waals surface area contributed by atoms with E-state index in [-0.39, 0.29) is 0 Å². The Morgan fingerprint density at radius 3 is 2.80 bits per heavy atom. The number of nitrogens with one attached hydrogen (secondary N) is 1. The molecule has 1 aliphatic heterocycles. The van der Waals surface area contributed by atoms with Crippen molar-refractivity contribution in [3.8, 4) is 0 Å². The quantitative estimate of drug-likeness (QED) is 0.838. The molecule has 0 aliphatic carbocycles. The van der Waals surface area contributed by atoms with E-state index in [9.17, 15) is 4.79 Å². The van der Waals surface area contributed by atoms with Crippen LogP contribution in [-0.4, -0.2) is 25.4 Å². The van der Waals surface area contributed by atoms with E-state index in [1.54, 1.807) is 16.2 Å². The summed E-state index contributed by atoms with van der Waals surface area (Å²) in [5.74, 6) is 0.971. The molecule has 2 aromatic rings. The van der Waals surface area contributed by atoms with E-state index in [2.05, 4.69) is 30.3 Å². The highest BCUT2D eigenvalue weighted by Crippen LogP contribution is 2.19. The molecule has 1 saturated heterocycles. The highest BCUT2D eigenvalue weighted by molar-refractivity contribution is 7.12. The van der Waals surface area contributed by atoms with Crippen molar-refractivity contribution in [2.45, 2.75) is 18.8 Å². The Balaban J connectivity index is 1.50.